The van der Waals surface area contributed by atoms with E-state index in [1.165, 1.54) is 10.4 Å². The Bertz CT molecular complexity index is 1490. The number of pyridine rings is 1. The number of hydrogen-bond donors (Lipinski definition) is 3. The van der Waals surface area contributed by atoms with Crippen LogP contribution in [0.2, 0.25) is 0 Å². The van der Waals surface area contributed by atoms with E-state index in [1.807, 2.05) is 30.3 Å². The number of nitrogens with one attached hydrogen (secondary N) is 3. The van der Waals surface area contributed by atoms with Crippen molar-refractivity contribution in [2.75, 3.05) is 5.32 Å². The van der Waals surface area contributed by atoms with Crippen molar-refractivity contribution >= 4 is 33.3 Å². The van der Waals surface area contributed by atoms with Crippen LogP contribution >= 0.6 is 11.3 Å². The van der Waals surface area contributed by atoms with Crippen LogP contribution in [0, 0.1) is 25.2 Å². The topological polar surface area (TPSA) is 114 Å². The second-order valence-corrected chi connectivity index (χ2v) is 9.84. The number of H-pyrrole nitrogens is 2. The van der Waals surface area contributed by atoms with Crippen molar-refractivity contribution in [1.82, 2.24) is 15.0 Å². The van der Waals surface area contributed by atoms with Gasteiger partial charge in [-0.3, -0.25) is 9.59 Å². The molecule has 0 radical (unpaired) electrons. The number of benzene rings is 1. The highest BCUT2D eigenvalue weighted by atomic mass is 32.1. The molecule has 0 atom stereocenters. The summed E-state index contributed by atoms with van der Waals surface area (Å²) in [6.07, 6.45) is 5.00. The average molecular weight is 472 g/mol. The van der Waals surface area contributed by atoms with Crippen LogP contribution in [0.15, 0.2) is 29.1 Å². The number of amides is 1. The van der Waals surface area contributed by atoms with Gasteiger partial charge in [0, 0.05) is 17.0 Å². The Hall–Kier alpha value is -3.70. The summed E-state index contributed by atoms with van der Waals surface area (Å²) < 4.78 is 0. The number of thiophene rings is 1. The fourth-order valence-electron chi connectivity index (χ4n) is 4.82. The zero-order valence-electron chi connectivity index (χ0n) is 19.2. The van der Waals surface area contributed by atoms with Crippen LogP contribution < -0.4 is 10.9 Å². The number of aryl methyl sites for hydroxylation is 2. The van der Waals surface area contributed by atoms with Crippen molar-refractivity contribution in [2.45, 2.75) is 52.4 Å². The monoisotopic (exact) mass is 471 g/mol. The minimum Gasteiger partial charge on any atom is -0.338 e. The second-order valence-electron chi connectivity index (χ2n) is 8.74. The Balaban J connectivity index is 1.43. The SMILES string of the molecule is Cc1[nH]c(=O)c(C#N)c(C)c1CCC(=O)Nc1sc2c(c1-c1nc3ccccc3[nH]1)CCCC2. The summed E-state index contributed by atoms with van der Waals surface area (Å²) in [5.74, 6) is 0.696. The van der Waals surface area contributed by atoms with Gasteiger partial charge in [0.2, 0.25) is 5.91 Å². The summed E-state index contributed by atoms with van der Waals surface area (Å²) in [5, 5.41) is 13.3. The molecule has 0 aliphatic heterocycles. The average Bonchev–Trinajstić information content (AvgIpc) is 3.39. The van der Waals surface area contributed by atoms with Gasteiger partial charge in [0.1, 0.15) is 22.5 Å². The molecule has 7 nitrogen and oxygen atoms in total. The third-order valence-corrected chi connectivity index (χ3v) is 7.78. The van der Waals surface area contributed by atoms with Gasteiger partial charge >= 0.3 is 0 Å². The smallest absolute Gasteiger partial charge is 0.266 e. The molecular weight excluding hydrogens is 446 g/mol. The number of carbonyl (C=O) groups excluding carboxylic acids is 1. The summed E-state index contributed by atoms with van der Waals surface area (Å²) in [6, 6.07) is 9.91. The van der Waals surface area contributed by atoms with Crippen LogP contribution in [0.1, 0.15) is 52.1 Å². The highest BCUT2D eigenvalue weighted by Crippen LogP contribution is 2.43. The van der Waals surface area contributed by atoms with Crippen molar-refractivity contribution in [2.24, 2.45) is 0 Å². The lowest BCUT2D eigenvalue weighted by Crippen LogP contribution is -2.18. The van der Waals surface area contributed by atoms with E-state index in [1.54, 1.807) is 25.2 Å². The molecule has 0 saturated heterocycles. The molecule has 8 heteroatoms. The van der Waals surface area contributed by atoms with Crippen LogP contribution in [-0.4, -0.2) is 20.9 Å². The molecular formula is C26H25N5O2S. The van der Waals surface area contributed by atoms with E-state index < -0.39 is 0 Å². The summed E-state index contributed by atoms with van der Waals surface area (Å²) in [6.45, 7) is 3.57. The molecule has 1 aromatic carbocycles. The Morgan fingerprint density at radius 1 is 1.21 bits per heavy atom. The molecule has 3 heterocycles. The van der Waals surface area contributed by atoms with Gasteiger partial charge in [-0.05, 0) is 74.8 Å². The molecule has 5 rings (SSSR count). The quantitative estimate of drug-likeness (QED) is 0.383. The summed E-state index contributed by atoms with van der Waals surface area (Å²) in [7, 11) is 0. The predicted molar refractivity (Wildman–Crippen MR) is 134 cm³/mol. The summed E-state index contributed by atoms with van der Waals surface area (Å²) in [4.78, 5) is 37.3. The van der Waals surface area contributed by atoms with Gasteiger partial charge < -0.3 is 15.3 Å². The van der Waals surface area contributed by atoms with Gasteiger partial charge in [0.25, 0.3) is 5.56 Å². The maximum Gasteiger partial charge on any atom is 0.266 e. The molecule has 0 unspecified atom stereocenters. The molecule has 0 spiro atoms. The number of fused-ring (bicyclic) bond motifs is 2. The number of anilines is 1. The normalized spacial score (nSPS) is 13.0. The van der Waals surface area contributed by atoms with Crippen LogP contribution in [-0.2, 0) is 24.1 Å². The van der Waals surface area contributed by atoms with Gasteiger partial charge in [-0.2, -0.15) is 5.26 Å². The highest BCUT2D eigenvalue weighted by molar-refractivity contribution is 7.17. The molecule has 1 amide bonds. The Kier molecular flexibility index (Phi) is 5.80. The zero-order valence-corrected chi connectivity index (χ0v) is 20.0. The summed E-state index contributed by atoms with van der Waals surface area (Å²) in [5.41, 5.74) is 6.09. The van der Waals surface area contributed by atoms with E-state index in [4.69, 9.17) is 4.98 Å². The van der Waals surface area contributed by atoms with E-state index in [9.17, 15) is 14.9 Å². The van der Waals surface area contributed by atoms with Gasteiger partial charge in [0.05, 0.1) is 16.6 Å². The number of hydrogen-bond acceptors (Lipinski definition) is 5. The van der Waals surface area contributed by atoms with E-state index in [-0.39, 0.29) is 23.5 Å². The van der Waals surface area contributed by atoms with E-state index in [2.05, 4.69) is 15.3 Å². The highest BCUT2D eigenvalue weighted by Gasteiger charge is 2.25. The fourth-order valence-corrected chi connectivity index (χ4v) is 6.13. The first-order valence-corrected chi connectivity index (χ1v) is 12.3. The van der Waals surface area contributed by atoms with Gasteiger partial charge in [0.15, 0.2) is 0 Å². The fraction of sp³-hybridized carbons (Fsp3) is 0.308. The van der Waals surface area contributed by atoms with Gasteiger partial charge in [-0.25, -0.2) is 4.98 Å². The van der Waals surface area contributed by atoms with Gasteiger partial charge in [-0.1, -0.05) is 12.1 Å². The first-order valence-electron chi connectivity index (χ1n) is 11.5. The number of aromatic nitrogens is 3. The van der Waals surface area contributed by atoms with Crippen molar-refractivity contribution in [3.8, 4) is 17.5 Å². The number of imidazole rings is 1. The minimum atomic E-state index is -0.384. The molecule has 4 aromatic rings. The molecule has 3 N–H and O–H groups in total. The molecule has 0 fully saturated rings. The molecule has 1 aliphatic rings. The molecule has 1 aliphatic carbocycles. The number of para-hydroxylation sites is 2. The molecule has 0 saturated carbocycles. The van der Waals surface area contributed by atoms with Crippen LogP contribution in [0.4, 0.5) is 5.00 Å². The van der Waals surface area contributed by atoms with E-state index >= 15 is 0 Å². The molecule has 34 heavy (non-hydrogen) atoms. The first kappa shape index (κ1) is 22.1. The number of nitrogens with zero attached hydrogens (tertiary/aromatic N) is 2. The lowest BCUT2D eigenvalue weighted by atomic mass is 9.95. The maximum atomic E-state index is 13.0. The lowest BCUT2D eigenvalue weighted by Gasteiger charge is -2.12. The molecule has 0 bridgehead atoms. The minimum absolute atomic E-state index is 0.0977. The van der Waals surface area contributed by atoms with Crippen LogP contribution in [0.3, 0.4) is 0 Å². The van der Waals surface area contributed by atoms with E-state index in [0.717, 1.165) is 58.7 Å². The van der Waals surface area contributed by atoms with Crippen LogP contribution in [0.25, 0.3) is 22.4 Å². The van der Waals surface area contributed by atoms with Crippen molar-refractivity contribution in [3.63, 3.8) is 0 Å². The van der Waals surface area contributed by atoms with Crippen molar-refractivity contribution in [1.29, 1.82) is 5.26 Å². The second kappa shape index (κ2) is 8.92. The van der Waals surface area contributed by atoms with Gasteiger partial charge in [-0.15, -0.1) is 11.3 Å². The predicted octanol–water partition coefficient (Wildman–Crippen LogP) is 4.92. The molecule has 172 valence electrons. The lowest BCUT2D eigenvalue weighted by molar-refractivity contribution is -0.116. The van der Waals surface area contributed by atoms with Crippen molar-refractivity contribution in [3.05, 3.63) is 67.4 Å². The Morgan fingerprint density at radius 2 is 2.00 bits per heavy atom. The number of rotatable bonds is 5. The maximum absolute atomic E-state index is 13.0. The molecule has 3 aromatic heterocycles. The zero-order chi connectivity index (χ0) is 23.8. The first-order chi connectivity index (χ1) is 16.5. The standard InChI is InChI=1S/C26H25N5O2S/c1-14-16(15(2)28-25(33)18(14)13-27)11-12-22(32)31-26-23(17-7-3-6-10-21(17)34-26)24-29-19-8-4-5-9-20(19)30-24/h4-5,8-9H,3,6-7,10-12H2,1-2H3,(H,28,33)(H,29,30)(H,31,32). The van der Waals surface area contributed by atoms with E-state index in [0.29, 0.717) is 17.7 Å². The number of nitriles is 1. The third kappa shape index (κ3) is 3.93. The van der Waals surface area contributed by atoms with Crippen molar-refractivity contribution < 1.29 is 4.79 Å². The number of aromatic amines is 2. The largest absolute Gasteiger partial charge is 0.338 e. The van der Waals surface area contributed by atoms with Crippen LogP contribution in [0.5, 0.6) is 0 Å². The third-order valence-electron chi connectivity index (χ3n) is 6.57. The Morgan fingerprint density at radius 3 is 2.79 bits per heavy atom. The Labute approximate surface area is 200 Å². The summed E-state index contributed by atoms with van der Waals surface area (Å²) >= 11 is 1.65. The number of carbonyl (C=O) groups is 1.